The number of piperidine rings is 1. The number of fused-ring (bicyclic) bond motifs is 2. The molecule has 2 bridgehead atoms. The van der Waals surface area contributed by atoms with Crippen LogP contribution in [0, 0.1) is 6.92 Å². The lowest BCUT2D eigenvalue weighted by Gasteiger charge is -2.37. The number of rotatable bonds is 4. The van der Waals surface area contributed by atoms with Crippen LogP contribution in [0.15, 0.2) is 35.7 Å². The summed E-state index contributed by atoms with van der Waals surface area (Å²) in [5.74, 6) is 1.43. The number of hydrogen-bond acceptors (Lipinski definition) is 5. The van der Waals surface area contributed by atoms with Crippen molar-refractivity contribution in [3.63, 3.8) is 0 Å². The van der Waals surface area contributed by atoms with Gasteiger partial charge in [-0.15, -0.1) is 0 Å². The van der Waals surface area contributed by atoms with Crippen molar-refractivity contribution in [1.82, 2.24) is 18.8 Å². The second-order valence-electron chi connectivity index (χ2n) is 6.86. The number of sulfonamides is 1. The first kappa shape index (κ1) is 16.5. The highest BCUT2D eigenvalue weighted by molar-refractivity contribution is 7.89. The summed E-state index contributed by atoms with van der Waals surface area (Å²) in [6.07, 6.45) is 8.20. The molecule has 2 atom stereocenters. The van der Waals surface area contributed by atoms with Crippen molar-refractivity contribution in [1.29, 1.82) is 0 Å². The predicted molar refractivity (Wildman–Crippen MR) is 91.7 cm³/mol. The normalized spacial score (nSPS) is 26.7. The van der Waals surface area contributed by atoms with Gasteiger partial charge in [-0.05, 0) is 31.9 Å². The Hall–Kier alpha value is -1.93. The highest BCUT2D eigenvalue weighted by Crippen LogP contribution is 2.40. The standard InChI is InChI=1S/C17H22N4O3S/c1-12-19-17(11-20(12)2)25(22,23)21-13-5-6-14(21)9-16(8-13)24-15-4-3-7-18-10-15/h3-4,7,10-11,13-14,16H,5-6,8-9H2,1-2H3. The van der Waals surface area contributed by atoms with Gasteiger partial charge in [0.1, 0.15) is 17.7 Å². The third-order valence-corrected chi connectivity index (χ3v) is 7.06. The summed E-state index contributed by atoms with van der Waals surface area (Å²) in [5, 5.41) is 0.149. The highest BCUT2D eigenvalue weighted by atomic mass is 32.2. The van der Waals surface area contributed by atoms with Crippen LogP contribution in [-0.2, 0) is 17.1 Å². The quantitative estimate of drug-likeness (QED) is 0.830. The summed E-state index contributed by atoms with van der Waals surface area (Å²) in [6, 6.07) is 3.68. The van der Waals surface area contributed by atoms with Gasteiger partial charge in [0.2, 0.25) is 0 Å². The van der Waals surface area contributed by atoms with Crippen LogP contribution in [0.25, 0.3) is 0 Å². The Balaban J connectivity index is 1.54. The number of aromatic nitrogens is 3. The van der Waals surface area contributed by atoms with Crippen LogP contribution in [0.3, 0.4) is 0 Å². The van der Waals surface area contributed by atoms with E-state index in [-0.39, 0.29) is 23.2 Å². The van der Waals surface area contributed by atoms with E-state index in [9.17, 15) is 8.42 Å². The summed E-state index contributed by atoms with van der Waals surface area (Å²) in [5.41, 5.74) is 0. The van der Waals surface area contributed by atoms with Gasteiger partial charge in [0, 0.05) is 44.4 Å². The molecule has 2 aliphatic heterocycles. The molecular weight excluding hydrogens is 340 g/mol. The van der Waals surface area contributed by atoms with E-state index in [1.807, 2.05) is 26.1 Å². The molecule has 4 heterocycles. The molecular formula is C17H22N4O3S. The van der Waals surface area contributed by atoms with E-state index in [0.717, 1.165) is 18.6 Å². The Morgan fingerprint density at radius 2 is 1.96 bits per heavy atom. The average molecular weight is 362 g/mol. The molecule has 0 N–H and O–H groups in total. The molecule has 2 fully saturated rings. The molecule has 4 rings (SSSR count). The van der Waals surface area contributed by atoms with Crippen molar-refractivity contribution in [3.05, 3.63) is 36.5 Å². The number of hydrogen-bond donors (Lipinski definition) is 0. The van der Waals surface area contributed by atoms with Crippen LogP contribution < -0.4 is 4.74 Å². The summed E-state index contributed by atoms with van der Waals surface area (Å²) < 4.78 is 35.6. The molecule has 2 aromatic rings. The SMILES string of the molecule is Cc1nc(S(=O)(=O)N2C3CCC2CC(Oc2cccnc2)C3)cn1C. The Morgan fingerprint density at radius 3 is 2.52 bits per heavy atom. The topological polar surface area (TPSA) is 77.3 Å². The van der Waals surface area contributed by atoms with Crippen LogP contribution in [-0.4, -0.2) is 45.4 Å². The lowest BCUT2D eigenvalue weighted by molar-refractivity contribution is 0.0952. The first-order valence-corrected chi connectivity index (χ1v) is 9.99. The molecule has 2 aliphatic rings. The van der Waals surface area contributed by atoms with Gasteiger partial charge in [0.25, 0.3) is 10.0 Å². The second-order valence-corrected chi connectivity index (χ2v) is 8.65. The van der Waals surface area contributed by atoms with Gasteiger partial charge in [-0.25, -0.2) is 13.4 Å². The van der Waals surface area contributed by atoms with Crippen molar-refractivity contribution < 1.29 is 13.2 Å². The van der Waals surface area contributed by atoms with Crippen molar-refractivity contribution in [3.8, 4) is 5.75 Å². The fourth-order valence-corrected chi connectivity index (χ4v) is 5.86. The minimum atomic E-state index is -3.56. The van der Waals surface area contributed by atoms with Gasteiger partial charge in [-0.1, -0.05) is 0 Å². The van der Waals surface area contributed by atoms with Gasteiger partial charge in [-0.2, -0.15) is 4.31 Å². The van der Waals surface area contributed by atoms with Crippen molar-refractivity contribution >= 4 is 10.0 Å². The largest absolute Gasteiger partial charge is 0.489 e. The first-order chi connectivity index (χ1) is 11.9. The van der Waals surface area contributed by atoms with Gasteiger partial charge in [0.15, 0.2) is 5.03 Å². The minimum absolute atomic E-state index is 0.0206. The predicted octanol–water partition coefficient (Wildman–Crippen LogP) is 1.89. The van der Waals surface area contributed by atoms with E-state index in [2.05, 4.69) is 9.97 Å². The molecule has 2 saturated heterocycles. The Kier molecular flexibility index (Phi) is 4.04. The zero-order valence-electron chi connectivity index (χ0n) is 14.4. The molecule has 0 saturated carbocycles. The van der Waals surface area contributed by atoms with Crippen LogP contribution in [0.1, 0.15) is 31.5 Å². The smallest absolute Gasteiger partial charge is 0.262 e. The third kappa shape index (κ3) is 2.93. The molecule has 0 amide bonds. The van der Waals surface area contributed by atoms with Gasteiger partial charge < -0.3 is 9.30 Å². The molecule has 0 aliphatic carbocycles. The van der Waals surface area contributed by atoms with Crippen molar-refractivity contribution in [2.75, 3.05) is 0 Å². The van der Waals surface area contributed by atoms with E-state index in [1.165, 1.54) is 0 Å². The average Bonchev–Trinajstić information content (AvgIpc) is 3.07. The van der Waals surface area contributed by atoms with Crippen LogP contribution in [0.4, 0.5) is 0 Å². The summed E-state index contributed by atoms with van der Waals surface area (Å²) in [4.78, 5) is 8.30. The molecule has 8 heteroatoms. The van der Waals surface area contributed by atoms with Crippen LogP contribution in [0.2, 0.25) is 0 Å². The molecule has 0 spiro atoms. The van der Waals surface area contributed by atoms with E-state index >= 15 is 0 Å². The fraction of sp³-hybridized carbons (Fsp3) is 0.529. The zero-order valence-corrected chi connectivity index (χ0v) is 15.2. The Labute approximate surface area is 147 Å². The molecule has 7 nitrogen and oxygen atoms in total. The van der Waals surface area contributed by atoms with E-state index in [1.54, 1.807) is 27.5 Å². The van der Waals surface area contributed by atoms with Gasteiger partial charge in [-0.3, -0.25) is 4.98 Å². The Bertz CT molecular complexity index is 832. The minimum Gasteiger partial charge on any atom is -0.489 e. The summed E-state index contributed by atoms with van der Waals surface area (Å²) >= 11 is 0. The number of ether oxygens (including phenoxy) is 1. The van der Waals surface area contributed by atoms with Crippen LogP contribution >= 0.6 is 0 Å². The van der Waals surface area contributed by atoms with Crippen molar-refractivity contribution in [2.45, 2.75) is 55.8 Å². The fourth-order valence-electron chi connectivity index (χ4n) is 3.94. The molecule has 2 unspecified atom stereocenters. The lowest BCUT2D eigenvalue weighted by Crippen LogP contribution is -2.49. The number of aryl methyl sites for hydroxylation is 2. The maximum absolute atomic E-state index is 13.1. The molecule has 0 aromatic carbocycles. The van der Waals surface area contributed by atoms with Crippen LogP contribution in [0.5, 0.6) is 5.75 Å². The highest BCUT2D eigenvalue weighted by Gasteiger charge is 2.48. The maximum atomic E-state index is 13.1. The maximum Gasteiger partial charge on any atom is 0.262 e. The van der Waals surface area contributed by atoms with E-state index < -0.39 is 10.0 Å². The number of imidazole rings is 1. The van der Waals surface area contributed by atoms with Crippen molar-refractivity contribution in [2.24, 2.45) is 7.05 Å². The molecule has 134 valence electrons. The lowest BCUT2D eigenvalue weighted by atomic mass is 10.0. The molecule has 2 aromatic heterocycles. The molecule has 0 radical (unpaired) electrons. The summed E-state index contributed by atoms with van der Waals surface area (Å²) in [6.45, 7) is 1.81. The molecule has 25 heavy (non-hydrogen) atoms. The number of pyridine rings is 1. The van der Waals surface area contributed by atoms with Gasteiger partial charge in [0.05, 0.1) is 6.20 Å². The van der Waals surface area contributed by atoms with Gasteiger partial charge >= 0.3 is 0 Å². The van der Waals surface area contributed by atoms with E-state index in [4.69, 9.17) is 4.74 Å². The zero-order chi connectivity index (χ0) is 17.6. The summed E-state index contributed by atoms with van der Waals surface area (Å²) in [7, 11) is -1.75. The monoisotopic (exact) mass is 362 g/mol. The van der Waals surface area contributed by atoms with E-state index in [0.29, 0.717) is 18.7 Å². The number of nitrogens with zero attached hydrogens (tertiary/aromatic N) is 4. The Morgan fingerprint density at radius 1 is 1.24 bits per heavy atom. The first-order valence-electron chi connectivity index (χ1n) is 8.55. The second kappa shape index (κ2) is 6.10. The third-order valence-electron chi connectivity index (χ3n) is 5.19.